The normalized spacial score (nSPS) is 14.9. The maximum atomic E-state index is 11.7. The average Bonchev–Trinajstić information content (AvgIpc) is 2.50. The highest BCUT2D eigenvalue weighted by Crippen LogP contribution is 2.03. The van der Waals surface area contributed by atoms with Crippen LogP contribution in [0.4, 0.5) is 4.39 Å². The van der Waals surface area contributed by atoms with Crippen molar-refractivity contribution in [3.05, 3.63) is 12.2 Å². The lowest BCUT2D eigenvalue weighted by Gasteiger charge is -2.12. The van der Waals surface area contributed by atoms with Gasteiger partial charge in [0.2, 0.25) is 0 Å². The van der Waals surface area contributed by atoms with Crippen LogP contribution < -0.4 is 0 Å². The molecule has 0 aliphatic carbocycles. The zero-order valence-electron chi connectivity index (χ0n) is 7.94. The summed E-state index contributed by atoms with van der Waals surface area (Å²) in [6, 6.07) is 0. The number of rotatable bonds is 5. The minimum atomic E-state index is -0.714. The molecule has 0 aromatic carbocycles. The van der Waals surface area contributed by atoms with Gasteiger partial charge in [0.25, 0.3) is 11.8 Å². The van der Waals surface area contributed by atoms with Crippen molar-refractivity contribution in [2.45, 2.75) is 6.42 Å². The van der Waals surface area contributed by atoms with Gasteiger partial charge in [-0.05, 0) is 0 Å². The van der Waals surface area contributed by atoms with E-state index in [1.807, 2.05) is 0 Å². The van der Waals surface area contributed by atoms with Crippen molar-refractivity contribution in [1.82, 2.24) is 4.90 Å². The van der Waals surface area contributed by atoms with Crippen molar-refractivity contribution in [2.24, 2.45) is 0 Å². The fourth-order valence-corrected chi connectivity index (χ4v) is 1.00. The number of hydrogen-bond acceptors (Lipinski definition) is 4. The van der Waals surface area contributed by atoms with Gasteiger partial charge in [0.15, 0.2) is 0 Å². The molecule has 6 heteroatoms. The summed E-state index contributed by atoms with van der Waals surface area (Å²) < 4.78 is 16.2. The van der Waals surface area contributed by atoms with Gasteiger partial charge in [-0.25, -0.2) is 0 Å². The molecule has 1 heterocycles. The van der Waals surface area contributed by atoms with Crippen LogP contribution in [0.5, 0.6) is 0 Å². The van der Waals surface area contributed by atoms with Crippen molar-refractivity contribution in [3.8, 4) is 0 Å². The molecule has 1 rings (SSSR count). The van der Waals surface area contributed by atoms with E-state index in [1.165, 1.54) is 0 Å². The van der Waals surface area contributed by atoms with Gasteiger partial charge >= 0.3 is 5.97 Å². The second-order valence-corrected chi connectivity index (χ2v) is 2.86. The summed E-state index contributed by atoms with van der Waals surface area (Å²) in [5.41, 5.74) is 0. The van der Waals surface area contributed by atoms with Gasteiger partial charge in [0, 0.05) is 18.6 Å². The van der Waals surface area contributed by atoms with Crippen LogP contribution in [0.15, 0.2) is 12.2 Å². The fraction of sp³-hybridized carbons (Fsp3) is 0.444. The van der Waals surface area contributed by atoms with Gasteiger partial charge < -0.3 is 4.74 Å². The molecule has 0 saturated heterocycles. The highest BCUT2D eigenvalue weighted by atomic mass is 19.1. The van der Waals surface area contributed by atoms with E-state index in [1.54, 1.807) is 0 Å². The molecule has 82 valence electrons. The van der Waals surface area contributed by atoms with Gasteiger partial charge in [0.05, 0.1) is 13.3 Å². The molecule has 1 aliphatic rings. The van der Waals surface area contributed by atoms with E-state index in [4.69, 9.17) is 0 Å². The molecule has 0 atom stereocenters. The molecule has 0 unspecified atom stereocenters. The molecule has 0 fully saturated rings. The second-order valence-electron chi connectivity index (χ2n) is 2.86. The summed E-state index contributed by atoms with van der Waals surface area (Å²) in [7, 11) is 0. The Hall–Kier alpha value is -1.72. The van der Waals surface area contributed by atoms with E-state index in [0.717, 1.165) is 17.1 Å². The predicted molar refractivity (Wildman–Crippen MR) is 47.4 cm³/mol. The summed E-state index contributed by atoms with van der Waals surface area (Å²) in [6.45, 7) is -1.04. The maximum absolute atomic E-state index is 11.7. The molecular formula is C9H10FNO4. The van der Waals surface area contributed by atoms with Gasteiger partial charge in [-0.1, -0.05) is 0 Å². The number of ether oxygens (including phenoxy) is 1. The molecule has 0 bridgehead atoms. The molecule has 15 heavy (non-hydrogen) atoms. The zero-order valence-corrected chi connectivity index (χ0v) is 7.94. The lowest BCUT2D eigenvalue weighted by molar-refractivity contribution is -0.151. The first-order chi connectivity index (χ1) is 7.15. The van der Waals surface area contributed by atoms with E-state index in [9.17, 15) is 18.8 Å². The Kier molecular flexibility index (Phi) is 3.96. The van der Waals surface area contributed by atoms with Gasteiger partial charge in [0.1, 0.15) is 6.54 Å². The molecule has 0 aromatic heterocycles. The number of imide groups is 1. The quantitative estimate of drug-likeness (QED) is 0.362. The summed E-state index contributed by atoms with van der Waals surface area (Å²) in [4.78, 5) is 33.8. The van der Waals surface area contributed by atoms with E-state index in [2.05, 4.69) is 4.74 Å². The Bertz CT molecular complexity index is 295. The third-order valence-electron chi connectivity index (χ3n) is 1.73. The van der Waals surface area contributed by atoms with Crippen molar-refractivity contribution >= 4 is 17.8 Å². The summed E-state index contributed by atoms with van der Waals surface area (Å²) in [6.07, 6.45) is 2.28. The lowest BCUT2D eigenvalue weighted by atomic mass is 10.5. The first-order valence-electron chi connectivity index (χ1n) is 4.40. The zero-order chi connectivity index (χ0) is 11.3. The lowest BCUT2D eigenvalue weighted by Crippen LogP contribution is -2.35. The number of alkyl halides is 1. The van der Waals surface area contributed by atoms with Crippen LogP contribution in [0.1, 0.15) is 6.42 Å². The van der Waals surface area contributed by atoms with Crippen LogP contribution in [0, 0.1) is 0 Å². The maximum Gasteiger partial charge on any atom is 0.326 e. The highest BCUT2D eigenvalue weighted by molar-refractivity contribution is 6.14. The minimum Gasteiger partial charge on any atom is -0.464 e. The smallest absolute Gasteiger partial charge is 0.326 e. The Labute approximate surface area is 85.5 Å². The average molecular weight is 215 g/mol. The van der Waals surface area contributed by atoms with Crippen molar-refractivity contribution in [1.29, 1.82) is 0 Å². The molecule has 0 radical (unpaired) electrons. The number of amides is 2. The number of halogens is 1. The van der Waals surface area contributed by atoms with Crippen molar-refractivity contribution < 1.29 is 23.5 Å². The minimum absolute atomic E-state index is 0.0427. The van der Waals surface area contributed by atoms with Gasteiger partial charge in [-0.3, -0.25) is 23.7 Å². The van der Waals surface area contributed by atoms with Crippen LogP contribution in [-0.4, -0.2) is 42.5 Å². The second kappa shape index (κ2) is 5.23. The molecule has 5 nitrogen and oxygen atoms in total. The van der Waals surface area contributed by atoms with Gasteiger partial charge in [-0.2, -0.15) is 0 Å². The largest absolute Gasteiger partial charge is 0.464 e. The highest BCUT2D eigenvalue weighted by Gasteiger charge is 2.25. The van der Waals surface area contributed by atoms with Crippen LogP contribution >= 0.6 is 0 Å². The first-order valence-corrected chi connectivity index (χ1v) is 4.40. The van der Waals surface area contributed by atoms with E-state index in [-0.39, 0.29) is 13.0 Å². The number of nitrogens with zero attached hydrogens (tertiary/aromatic N) is 1. The van der Waals surface area contributed by atoms with Crippen LogP contribution in [0.3, 0.4) is 0 Å². The third-order valence-corrected chi connectivity index (χ3v) is 1.73. The van der Waals surface area contributed by atoms with Crippen LogP contribution in [0.25, 0.3) is 0 Å². The van der Waals surface area contributed by atoms with Crippen molar-refractivity contribution in [3.63, 3.8) is 0 Å². The SMILES string of the molecule is O=C(CN1C(=O)C=CC1=O)OCCCF. The molecule has 0 spiro atoms. The third kappa shape index (κ3) is 3.16. The molecule has 0 saturated carbocycles. The summed E-state index contributed by atoms with van der Waals surface area (Å²) >= 11 is 0. The monoisotopic (exact) mass is 215 g/mol. The summed E-state index contributed by atoms with van der Waals surface area (Å²) in [5.74, 6) is -1.79. The Morgan fingerprint density at radius 1 is 1.33 bits per heavy atom. The molecule has 2 amide bonds. The Morgan fingerprint density at radius 3 is 2.47 bits per heavy atom. The molecule has 0 N–H and O–H groups in total. The Balaban J connectivity index is 2.32. The predicted octanol–water partition coefficient (Wildman–Crippen LogP) is -0.186. The topological polar surface area (TPSA) is 63.7 Å². The fourth-order valence-electron chi connectivity index (χ4n) is 1.00. The van der Waals surface area contributed by atoms with E-state index in [0.29, 0.717) is 0 Å². The number of esters is 1. The summed E-state index contributed by atoms with van der Waals surface area (Å²) in [5, 5.41) is 0. The molecule has 0 aromatic rings. The van der Waals surface area contributed by atoms with E-state index >= 15 is 0 Å². The number of carbonyl (C=O) groups is 3. The van der Waals surface area contributed by atoms with Crippen molar-refractivity contribution in [2.75, 3.05) is 19.8 Å². The van der Waals surface area contributed by atoms with Gasteiger partial charge in [-0.15, -0.1) is 0 Å². The molecule has 1 aliphatic heterocycles. The first kappa shape index (κ1) is 11.4. The number of carbonyl (C=O) groups excluding carboxylic acids is 3. The standard InChI is InChI=1S/C9H10FNO4/c10-4-1-5-15-9(14)6-11-7(12)2-3-8(11)13/h2-3H,1,4-6H2. The number of hydrogen-bond donors (Lipinski definition) is 0. The van der Waals surface area contributed by atoms with Crippen LogP contribution in [-0.2, 0) is 19.1 Å². The molecular weight excluding hydrogens is 205 g/mol. The van der Waals surface area contributed by atoms with E-state index < -0.39 is 31.0 Å². The van der Waals surface area contributed by atoms with Crippen LogP contribution in [0.2, 0.25) is 0 Å². The Morgan fingerprint density at radius 2 is 1.93 bits per heavy atom.